The Morgan fingerprint density at radius 2 is 2.06 bits per heavy atom. The molecule has 0 aliphatic carbocycles. The van der Waals surface area contributed by atoms with E-state index >= 15 is 0 Å². The molecule has 2 unspecified atom stereocenters. The average molecular weight is 469 g/mol. The molecule has 2 aromatic heterocycles. The second-order valence-corrected chi connectivity index (χ2v) is 10.3. The monoisotopic (exact) mass is 468 g/mol. The Bertz CT molecular complexity index is 1150. The fourth-order valence-electron chi connectivity index (χ4n) is 4.56. The molecular formula is C24H28N4O4S. The number of carbonyl (C=O) groups excluding carboxylic acids is 1. The molecule has 174 valence electrons. The zero-order valence-electron chi connectivity index (χ0n) is 19.1. The van der Waals surface area contributed by atoms with Gasteiger partial charge in [-0.25, -0.2) is 9.78 Å². The molecule has 33 heavy (non-hydrogen) atoms. The second-order valence-electron chi connectivity index (χ2n) is 9.43. The molecule has 2 aliphatic heterocycles. The number of benzene rings is 1. The maximum atomic E-state index is 12.8. The number of oxazole rings is 1. The van der Waals surface area contributed by atoms with Gasteiger partial charge in [-0.1, -0.05) is 12.7 Å². The molecule has 9 heteroatoms. The van der Waals surface area contributed by atoms with Gasteiger partial charge in [0.25, 0.3) is 6.01 Å². The van der Waals surface area contributed by atoms with Gasteiger partial charge in [0.2, 0.25) is 0 Å². The lowest BCUT2D eigenvalue weighted by Gasteiger charge is -2.40. The fourth-order valence-corrected chi connectivity index (χ4v) is 5.21. The number of fused-ring (bicyclic) bond motifs is 3. The number of nitrogens with zero attached hydrogens (tertiary/aromatic N) is 4. The van der Waals surface area contributed by atoms with E-state index in [1.807, 2.05) is 43.2 Å². The van der Waals surface area contributed by atoms with E-state index in [9.17, 15) is 4.79 Å². The largest absolute Gasteiger partial charge is 0.489 e. The Morgan fingerprint density at radius 3 is 2.70 bits per heavy atom. The Morgan fingerprint density at radius 1 is 1.30 bits per heavy atom. The summed E-state index contributed by atoms with van der Waals surface area (Å²) in [5.41, 5.74) is 1.76. The first-order valence-corrected chi connectivity index (χ1v) is 12.0. The van der Waals surface area contributed by atoms with E-state index in [2.05, 4.69) is 16.5 Å². The molecular weight excluding hydrogens is 440 g/mol. The molecule has 0 radical (unpaired) electrons. The van der Waals surface area contributed by atoms with E-state index in [-0.39, 0.29) is 18.2 Å². The van der Waals surface area contributed by atoms with Gasteiger partial charge in [0.1, 0.15) is 28.5 Å². The van der Waals surface area contributed by atoms with E-state index in [1.54, 1.807) is 23.6 Å². The first-order valence-electron chi connectivity index (χ1n) is 11.2. The van der Waals surface area contributed by atoms with Crippen LogP contribution in [0.2, 0.25) is 0 Å². The predicted molar refractivity (Wildman–Crippen MR) is 128 cm³/mol. The Labute approximate surface area is 196 Å². The molecule has 2 bridgehead atoms. The van der Waals surface area contributed by atoms with Crippen molar-refractivity contribution >= 4 is 34.5 Å². The third-order valence-electron chi connectivity index (χ3n) is 5.84. The van der Waals surface area contributed by atoms with Crippen molar-refractivity contribution in [1.82, 2.24) is 14.9 Å². The lowest BCUT2D eigenvalue weighted by Crippen LogP contribution is -2.56. The van der Waals surface area contributed by atoms with Crippen LogP contribution in [-0.4, -0.2) is 58.3 Å². The number of aromatic nitrogens is 2. The summed E-state index contributed by atoms with van der Waals surface area (Å²) in [5.74, 6) is 0.697. The first-order chi connectivity index (χ1) is 15.8. The summed E-state index contributed by atoms with van der Waals surface area (Å²) >= 11 is 1.54. The summed E-state index contributed by atoms with van der Waals surface area (Å²) < 4.78 is 17.7. The van der Waals surface area contributed by atoms with Gasteiger partial charge >= 0.3 is 6.09 Å². The third-order valence-corrected chi connectivity index (χ3v) is 6.65. The van der Waals surface area contributed by atoms with Crippen LogP contribution < -0.4 is 9.64 Å². The van der Waals surface area contributed by atoms with E-state index in [1.165, 1.54) is 0 Å². The van der Waals surface area contributed by atoms with E-state index in [0.29, 0.717) is 37.0 Å². The summed E-state index contributed by atoms with van der Waals surface area (Å²) in [6, 6.07) is 4.54. The molecule has 0 N–H and O–H groups in total. The van der Waals surface area contributed by atoms with Gasteiger partial charge in [0.15, 0.2) is 5.58 Å². The van der Waals surface area contributed by atoms with E-state index in [0.717, 1.165) is 28.9 Å². The predicted octanol–water partition coefficient (Wildman–Crippen LogP) is 5.10. The maximum absolute atomic E-state index is 12.8. The van der Waals surface area contributed by atoms with Crippen molar-refractivity contribution in [3.05, 3.63) is 36.4 Å². The Hall–Kier alpha value is -3.07. The highest BCUT2D eigenvalue weighted by molar-refractivity contribution is 7.13. The molecule has 1 amide bonds. The number of anilines is 1. The number of amides is 1. The van der Waals surface area contributed by atoms with Crippen LogP contribution in [0.5, 0.6) is 5.75 Å². The molecule has 2 atom stereocenters. The number of ether oxygens (including phenoxy) is 2. The van der Waals surface area contributed by atoms with Gasteiger partial charge < -0.3 is 18.8 Å². The minimum Gasteiger partial charge on any atom is -0.489 e. The van der Waals surface area contributed by atoms with Gasteiger partial charge in [0.05, 0.1) is 17.6 Å². The fraction of sp³-hybridized carbons (Fsp3) is 0.458. The third kappa shape index (κ3) is 4.29. The van der Waals surface area contributed by atoms with Crippen molar-refractivity contribution in [3.8, 4) is 16.3 Å². The normalized spacial score (nSPS) is 20.3. The van der Waals surface area contributed by atoms with Gasteiger partial charge in [-0.3, -0.25) is 4.90 Å². The number of carbonyl (C=O) groups is 1. The van der Waals surface area contributed by atoms with Gasteiger partial charge in [-0.15, -0.1) is 11.3 Å². The van der Waals surface area contributed by atoms with Crippen LogP contribution in [0.1, 0.15) is 33.6 Å². The molecule has 2 saturated heterocycles. The highest BCUT2D eigenvalue weighted by Crippen LogP contribution is 2.39. The number of hydrogen-bond donors (Lipinski definition) is 0. The van der Waals surface area contributed by atoms with E-state index < -0.39 is 5.60 Å². The Balaban J connectivity index is 1.44. The maximum Gasteiger partial charge on any atom is 0.410 e. The molecule has 5 rings (SSSR count). The lowest BCUT2D eigenvalue weighted by atomic mass is 10.2. The van der Waals surface area contributed by atoms with E-state index in [4.69, 9.17) is 18.9 Å². The van der Waals surface area contributed by atoms with Crippen LogP contribution in [0.3, 0.4) is 0 Å². The standard InChI is InChI=1S/C24H28N4O4S/c1-5-9-30-17-11-18(21-25-8-10-33-21)20-19(12-17)26-22(31-20)27-13-15-6-7-16(14-27)28(15)23(29)32-24(2,3)4/h5,8,10-12,15-16H,1,6-7,9,13-14H2,2-4H3. The van der Waals surface area contributed by atoms with Crippen molar-refractivity contribution in [2.24, 2.45) is 0 Å². The van der Waals surface area contributed by atoms with Crippen LogP contribution in [-0.2, 0) is 4.74 Å². The zero-order valence-corrected chi connectivity index (χ0v) is 19.9. The molecule has 0 spiro atoms. The number of rotatable bonds is 5. The summed E-state index contributed by atoms with van der Waals surface area (Å²) in [7, 11) is 0. The first kappa shape index (κ1) is 21.8. The molecule has 2 fully saturated rings. The van der Waals surface area contributed by atoms with Crippen LogP contribution in [0, 0.1) is 0 Å². The second kappa shape index (κ2) is 8.37. The molecule has 3 aromatic rings. The smallest absolute Gasteiger partial charge is 0.410 e. The van der Waals surface area contributed by atoms with Crippen LogP contribution >= 0.6 is 11.3 Å². The van der Waals surface area contributed by atoms with Crippen molar-refractivity contribution < 1.29 is 18.7 Å². The Kier molecular flexibility index (Phi) is 5.52. The summed E-state index contributed by atoms with van der Waals surface area (Å²) in [6.45, 7) is 11.1. The minimum atomic E-state index is -0.508. The highest BCUT2D eigenvalue weighted by Gasteiger charge is 2.45. The van der Waals surface area contributed by atoms with Gasteiger partial charge in [0, 0.05) is 30.7 Å². The van der Waals surface area contributed by atoms with Crippen LogP contribution in [0.4, 0.5) is 10.8 Å². The minimum absolute atomic E-state index is 0.0820. The SMILES string of the molecule is C=CCOc1cc(-c2nccs2)c2oc(N3CC4CCC(C3)N4C(=O)OC(C)(C)C)nc2c1. The number of thiazole rings is 1. The average Bonchev–Trinajstić information content (AvgIpc) is 3.48. The number of hydrogen-bond acceptors (Lipinski definition) is 8. The van der Waals surface area contributed by atoms with Crippen LogP contribution in [0.25, 0.3) is 21.7 Å². The summed E-state index contributed by atoms with van der Waals surface area (Å²) in [4.78, 5) is 26.1. The molecule has 1 aromatic carbocycles. The zero-order chi connectivity index (χ0) is 23.2. The lowest BCUT2D eigenvalue weighted by molar-refractivity contribution is 0.0120. The molecule has 4 heterocycles. The number of piperazine rings is 1. The van der Waals surface area contributed by atoms with Crippen molar-refractivity contribution in [1.29, 1.82) is 0 Å². The van der Waals surface area contributed by atoms with Gasteiger partial charge in [-0.05, 0) is 39.7 Å². The highest BCUT2D eigenvalue weighted by atomic mass is 32.1. The molecule has 0 saturated carbocycles. The molecule has 8 nitrogen and oxygen atoms in total. The topological polar surface area (TPSA) is 80.9 Å². The quantitative estimate of drug-likeness (QED) is 0.482. The summed E-state index contributed by atoms with van der Waals surface area (Å²) in [6.07, 6.45) is 5.15. The summed E-state index contributed by atoms with van der Waals surface area (Å²) in [5, 5.41) is 2.78. The van der Waals surface area contributed by atoms with Crippen LogP contribution in [0.15, 0.2) is 40.8 Å². The molecule has 2 aliphatic rings. The van der Waals surface area contributed by atoms with Crippen molar-refractivity contribution in [3.63, 3.8) is 0 Å². The van der Waals surface area contributed by atoms with Crippen molar-refractivity contribution in [2.45, 2.75) is 51.3 Å². The van der Waals surface area contributed by atoms with Gasteiger partial charge in [-0.2, -0.15) is 4.98 Å². The van der Waals surface area contributed by atoms with Crippen molar-refractivity contribution in [2.75, 3.05) is 24.6 Å².